The number of hydrogen-bond donors (Lipinski definition) is 0. The number of nitrogens with zero attached hydrogens (tertiary/aromatic N) is 3. The Bertz CT molecular complexity index is 517. The lowest BCUT2D eigenvalue weighted by molar-refractivity contribution is 0.731. The highest BCUT2D eigenvalue weighted by Crippen LogP contribution is 2.33. The van der Waals surface area contributed by atoms with Crippen molar-refractivity contribution in [2.75, 3.05) is 0 Å². The predicted molar refractivity (Wildman–Crippen MR) is 70.7 cm³/mol. The van der Waals surface area contributed by atoms with E-state index in [9.17, 15) is 0 Å². The molecule has 1 heterocycles. The van der Waals surface area contributed by atoms with Crippen molar-refractivity contribution in [1.82, 2.24) is 14.8 Å². The minimum absolute atomic E-state index is 0.308. The quantitative estimate of drug-likeness (QED) is 0.800. The van der Waals surface area contributed by atoms with E-state index < -0.39 is 0 Å². The maximum atomic E-state index is 6.15. The zero-order chi connectivity index (χ0) is 12.4. The smallest absolute Gasteiger partial charge is 0.167 e. The Hall–Kier alpha value is -0.770. The van der Waals surface area contributed by atoms with Crippen molar-refractivity contribution in [3.05, 3.63) is 34.1 Å². The Kier molecular flexibility index (Phi) is 3.92. The average molecular weight is 291 g/mol. The summed E-state index contributed by atoms with van der Waals surface area (Å²) in [6.45, 7) is 2.71. The molecule has 0 unspecified atom stereocenters. The number of benzene rings is 1. The van der Waals surface area contributed by atoms with E-state index in [1.54, 1.807) is 18.2 Å². The highest BCUT2D eigenvalue weighted by atomic mass is 35.5. The summed E-state index contributed by atoms with van der Waals surface area (Å²) in [5.74, 6) is 1.67. The summed E-state index contributed by atoms with van der Waals surface area (Å²) in [5, 5.41) is 9.25. The lowest BCUT2D eigenvalue weighted by Crippen LogP contribution is -2.02. The molecule has 0 aliphatic carbocycles. The van der Waals surface area contributed by atoms with Crippen LogP contribution in [0.2, 0.25) is 10.0 Å². The molecule has 0 bridgehead atoms. The Morgan fingerprint density at radius 3 is 2.35 bits per heavy atom. The molecule has 0 fully saturated rings. The summed E-state index contributed by atoms with van der Waals surface area (Å²) in [6, 6.07) is 5.35. The molecule has 0 aliphatic heterocycles. The van der Waals surface area contributed by atoms with Gasteiger partial charge in [0.15, 0.2) is 5.82 Å². The van der Waals surface area contributed by atoms with Crippen LogP contribution in [-0.2, 0) is 12.4 Å². The third-order valence-corrected chi connectivity index (χ3v) is 3.32. The highest BCUT2D eigenvalue weighted by molar-refractivity contribution is 6.39. The Morgan fingerprint density at radius 1 is 1.18 bits per heavy atom. The van der Waals surface area contributed by atoms with Gasteiger partial charge in [-0.2, -0.15) is 0 Å². The van der Waals surface area contributed by atoms with E-state index in [0.717, 1.165) is 0 Å². The van der Waals surface area contributed by atoms with Crippen LogP contribution < -0.4 is 0 Å². The normalized spacial score (nSPS) is 10.8. The van der Waals surface area contributed by atoms with Crippen LogP contribution in [0.25, 0.3) is 11.4 Å². The lowest BCUT2D eigenvalue weighted by Gasteiger charge is -2.08. The number of halogens is 3. The molecule has 2 rings (SSSR count). The summed E-state index contributed by atoms with van der Waals surface area (Å²) in [7, 11) is 0. The van der Waals surface area contributed by atoms with Gasteiger partial charge >= 0.3 is 0 Å². The van der Waals surface area contributed by atoms with Crippen LogP contribution in [0.15, 0.2) is 18.2 Å². The van der Waals surface area contributed by atoms with Crippen LogP contribution in [0, 0.1) is 0 Å². The summed E-state index contributed by atoms with van der Waals surface area (Å²) >= 11 is 18.1. The van der Waals surface area contributed by atoms with E-state index in [-0.39, 0.29) is 0 Å². The molecule has 3 nitrogen and oxygen atoms in total. The van der Waals surface area contributed by atoms with Gasteiger partial charge in [-0.25, -0.2) is 0 Å². The van der Waals surface area contributed by atoms with Gasteiger partial charge in [0.1, 0.15) is 5.82 Å². The Balaban J connectivity index is 2.64. The zero-order valence-electron chi connectivity index (χ0n) is 9.12. The SMILES string of the molecule is CCn1c(CCl)nnc1-c1c(Cl)cccc1Cl. The first kappa shape index (κ1) is 12.7. The minimum atomic E-state index is 0.308. The first-order valence-corrected chi connectivity index (χ1v) is 6.40. The fourth-order valence-electron chi connectivity index (χ4n) is 1.66. The molecule has 17 heavy (non-hydrogen) atoms. The van der Waals surface area contributed by atoms with Crippen molar-refractivity contribution in [2.45, 2.75) is 19.3 Å². The fourth-order valence-corrected chi connectivity index (χ4v) is 2.43. The molecule has 0 amide bonds. The van der Waals surface area contributed by atoms with Gasteiger partial charge in [-0.05, 0) is 19.1 Å². The van der Waals surface area contributed by atoms with Gasteiger partial charge in [-0.1, -0.05) is 29.3 Å². The largest absolute Gasteiger partial charge is 0.310 e. The zero-order valence-corrected chi connectivity index (χ0v) is 11.4. The van der Waals surface area contributed by atoms with Crippen molar-refractivity contribution in [3.8, 4) is 11.4 Å². The van der Waals surface area contributed by atoms with Crippen molar-refractivity contribution in [2.24, 2.45) is 0 Å². The average Bonchev–Trinajstić information content (AvgIpc) is 2.71. The second kappa shape index (κ2) is 5.25. The minimum Gasteiger partial charge on any atom is -0.310 e. The number of hydrogen-bond acceptors (Lipinski definition) is 2. The van der Waals surface area contributed by atoms with Crippen LogP contribution in [0.4, 0.5) is 0 Å². The molecule has 0 aliphatic rings. The first-order chi connectivity index (χ1) is 8.19. The molecule has 0 N–H and O–H groups in total. The summed E-state index contributed by atoms with van der Waals surface area (Å²) in [6.07, 6.45) is 0. The molecule has 6 heteroatoms. The summed E-state index contributed by atoms with van der Waals surface area (Å²) < 4.78 is 1.90. The Morgan fingerprint density at radius 2 is 1.82 bits per heavy atom. The molecular formula is C11H10Cl3N3. The lowest BCUT2D eigenvalue weighted by atomic mass is 10.2. The van der Waals surface area contributed by atoms with Gasteiger partial charge in [-0.3, -0.25) is 0 Å². The van der Waals surface area contributed by atoms with Crippen LogP contribution in [-0.4, -0.2) is 14.8 Å². The van der Waals surface area contributed by atoms with Crippen molar-refractivity contribution in [3.63, 3.8) is 0 Å². The van der Waals surface area contributed by atoms with E-state index >= 15 is 0 Å². The van der Waals surface area contributed by atoms with E-state index in [1.807, 2.05) is 11.5 Å². The molecule has 0 atom stereocenters. The standard InChI is InChI=1S/C11H10Cl3N3/c1-2-17-9(6-12)15-16-11(17)10-7(13)4-3-5-8(10)14/h3-5H,2,6H2,1H3. The molecule has 1 aromatic heterocycles. The second-order valence-electron chi connectivity index (χ2n) is 3.41. The predicted octanol–water partition coefficient (Wildman–Crippen LogP) is 4.01. The second-order valence-corrected chi connectivity index (χ2v) is 4.50. The third kappa shape index (κ3) is 2.28. The van der Waals surface area contributed by atoms with E-state index in [1.165, 1.54) is 0 Å². The molecule has 0 spiro atoms. The van der Waals surface area contributed by atoms with Crippen LogP contribution >= 0.6 is 34.8 Å². The maximum Gasteiger partial charge on any atom is 0.167 e. The molecule has 0 saturated heterocycles. The monoisotopic (exact) mass is 289 g/mol. The van der Waals surface area contributed by atoms with E-state index in [4.69, 9.17) is 34.8 Å². The van der Waals surface area contributed by atoms with Crippen LogP contribution in [0.5, 0.6) is 0 Å². The summed E-state index contributed by atoms with van der Waals surface area (Å²) in [4.78, 5) is 0. The molecule has 90 valence electrons. The Labute approximate surface area is 114 Å². The van der Waals surface area contributed by atoms with Gasteiger partial charge in [0.2, 0.25) is 0 Å². The van der Waals surface area contributed by atoms with E-state index in [2.05, 4.69) is 10.2 Å². The molecule has 0 saturated carbocycles. The van der Waals surface area contributed by atoms with Crippen LogP contribution in [0.3, 0.4) is 0 Å². The molecular weight excluding hydrogens is 281 g/mol. The third-order valence-electron chi connectivity index (χ3n) is 2.45. The molecule has 2 aromatic rings. The number of rotatable bonds is 3. The van der Waals surface area contributed by atoms with Gasteiger partial charge in [0.05, 0.1) is 21.5 Å². The van der Waals surface area contributed by atoms with Crippen molar-refractivity contribution < 1.29 is 0 Å². The number of alkyl halides is 1. The highest BCUT2D eigenvalue weighted by Gasteiger charge is 2.17. The van der Waals surface area contributed by atoms with Crippen LogP contribution in [0.1, 0.15) is 12.7 Å². The molecule has 0 radical (unpaired) electrons. The van der Waals surface area contributed by atoms with Crippen molar-refractivity contribution >= 4 is 34.8 Å². The molecule has 1 aromatic carbocycles. The topological polar surface area (TPSA) is 30.7 Å². The first-order valence-electron chi connectivity index (χ1n) is 5.11. The number of aromatic nitrogens is 3. The van der Waals surface area contributed by atoms with Gasteiger partial charge in [0.25, 0.3) is 0 Å². The fraction of sp³-hybridized carbons (Fsp3) is 0.273. The summed E-state index contributed by atoms with van der Waals surface area (Å²) in [5.41, 5.74) is 0.696. The van der Waals surface area contributed by atoms with Gasteiger partial charge in [0, 0.05) is 6.54 Å². The van der Waals surface area contributed by atoms with E-state index in [0.29, 0.717) is 39.7 Å². The van der Waals surface area contributed by atoms with Gasteiger partial charge < -0.3 is 4.57 Å². The maximum absolute atomic E-state index is 6.15. The van der Waals surface area contributed by atoms with Gasteiger partial charge in [-0.15, -0.1) is 21.8 Å². The van der Waals surface area contributed by atoms with Crippen molar-refractivity contribution in [1.29, 1.82) is 0 Å².